The molecule has 0 spiro atoms. The number of hydrogen-bond donors (Lipinski definition) is 2. The average Bonchev–Trinajstić information content (AvgIpc) is 3.02. The Balaban J connectivity index is 1.66. The predicted molar refractivity (Wildman–Crippen MR) is 107 cm³/mol. The Hall–Kier alpha value is -3.34. The number of benzene rings is 2. The highest BCUT2D eigenvalue weighted by atomic mass is 16.3. The van der Waals surface area contributed by atoms with Crippen LogP contribution in [0.2, 0.25) is 0 Å². The lowest BCUT2D eigenvalue weighted by Gasteiger charge is -2.16. The van der Waals surface area contributed by atoms with Gasteiger partial charge in [-0.05, 0) is 62.2 Å². The molecule has 0 aliphatic heterocycles. The maximum absolute atomic E-state index is 9.46. The highest BCUT2D eigenvalue weighted by Gasteiger charge is 2.11. The first-order valence-corrected chi connectivity index (χ1v) is 8.89. The van der Waals surface area contributed by atoms with Gasteiger partial charge in [-0.1, -0.05) is 12.1 Å². The summed E-state index contributed by atoms with van der Waals surface area (Å²) in [5.74, 6) is 1.73. The maximum Gasteiger partial charge on any atom is 0.134 e. The number of aromatic nitrogens is 2. The molecule has 27 heavy (non-hydrogen) atoms. The monoisotopic (exact) mass is 359 g/mol. The van der Waals surface area contributed by atoms with E-state index in [9.17, 15) is 5.11 Å². The third-order valence-corrected chi connectivity index (χ3v) is 4.66. The molecule has 0 aliphatic rings. The molecule has 0 saturated carbocycles. The number of aromatic hydroxyl groups is 1. The number of phenols is 1. The third kappa shape index (κ3) is 3.49. The van der Waals surface area contributed by atoms with Crippen molar-refractivity contribution in [2.75, 3.05) is 5.32 Å². The van der Waals surface area contributed by atoms with Crippen molar-refractivity contribution in [2.24, 2.45) is 0 Å². The number of phenolic OH excluding ortho intramolecular Hbond substituents is 1. The van der Waals surface area contributed by atoms with Crippen LogP contribution in [-0.4, -0.2) is 15.1 Å². The van der Waals surface area contributed by atoms with E-state index in [1.807, 2.05) is 44.2 Å². The van der Waals surface area contributed by atoms with Gasteiger partial charge in [-0.2, -0.15) is 0 Å². The highest BCUT2D eigenvalue weighted by molar-refractivity contribution is 5.85. The summed E-state index contributed by atoms with van der Waals surface area (Å²) in [6.07, 6.45) is 1.77. The van der Waals surface area contributed by atoms with Gasteiger partial charge in [0.25, 0.3) is 0 Å². The van der Waals surface area contributed by atoms with E-state index >= 15 is 0 Å². The Bertz CT molecular complexity index is 1100. The van der Waals surface area contributed by atoms with Crippen molar-refractivity contribution in [2.45, 2.75) is 26.8 Å². The van der Waals surface area contributed by atoms with Crippen LogP contribution in [0.4, 0.5) is 5.82 Å². The SMILES string of the molecule is Cc1nc(NC(C)c2ccc(O)cc2)cc(-c2ccc3occ(C)c3c2)n1. The van der Waals surface area contributed by atoms with Crippen molar-refractivity contribution < 1.29 is 9.52 Å². The van der Waals surface area contributed by atoms with Crippen molar-refractivity contribution in [1.29, 1.82) is 0 Å². The van der Waals surface area contributed by atoms with Crippen LogP contribution in [0.1, 0.15) is 29.9 Å². The molecular weight excluding hydrogens is 338 g/mol. The fraction of sp³-hybridized carbons (Fsp3) is 0.182. The molecule has 4 aromatic rings. The number of fused-ring (bicyclic) bond motifs is 1. The Morgan fingerprint density at radius 1 is 1.00 bits per heavy atom. The minimum Gasteiger partial charge on any atom is -0.508 e. The van der Waals surface area contributed by atoms with E-state index in [-0.39, 0.29) is 11.8 Å². The summed E-state index contributed by atoms with van der Waals surface area (Å²) in [6.45, 7) is 5.99. The largest absolute Gasteiger partial charge is 0.508 e. The second-order valence-corrected chi connectivity index (χ2v) is 6.77. The molecule has 2 aromatic carbocycles. The minimum atomic E-state index is 0.0475. The predicted octanol–water partition coefficient (Wildman–Crippen LogP) is 5.39. The van der Waals surface area contributed by atoms with Crippen molar-refractivity contribution >= 4 is 16.8 Å². The van der Waals surface area contributed by atoms with Gasteiger partial charge in [0.05, 0.1) is 12.0 Å². The summed E-state index contributed by atoms with van der Waals surface area (Å²) >= 11 is 0. The molecule has 1 atom stereocenters. The Labute approximate surface area is 157 Å². The minimum absolute atomic E-state index is 0.0475. The van der Waals surface area contributed by atoms with Crippen molar-refractivity contribution in [3.8, 4) is 17.0 Å². The van der Waals surface area contributed by atoms with Crippen LogP contribution >= 0.6 is 0 Å². The molecule has 0 radical (unpaired) electrons. The first kappa shape index (κ1) is 17.1. The molecule has 136 valence electrons. The van der Waals surface area contributed by atoms with Gasteiger partial charge < -0.3 is 14.8 Å². The zero-order valence-corrected chi connectivity index (χ0v) is 15.5. The number of nitrogens with zero attached hydrogens (tertiary/aromatic N) is 2. The molecule has 2 aromatic heterocycles. The lowest BCUT2D eigenvalue weighted by molar-refractivity contribution is 0.475. The summed E-state index contributed by atoms with van der Waals surface area (Å²) < 4.78 is 5.53. The smallest absolute Gasteiger partial charge is 0.134 e. The second kappa shape index (κ2) is 6.76. The van der Waals surface area contributed by atoms with Crippen LogP contribution < -0.4 is 5.32 Å². The van der Waals surface area contributed by atoms with Crippen LogP contribution in [-0.2, 0) is 0 Å². The van der Waals surface area contributed by atoms with E-state index in [4.69, 9.17) is 4.42 Å². The molecule has 0 saturated heterocycles. The third-order valence-electron chi connectivity index (χ3n) is 4.66. The Kier molecular flexibility index (Phi) is 4.28. The first-order chi connectivity index (χ1) is 13.0. The van der Waals surface area contributed by atoms with Crippen LogP contribution in [0, 0.1) is 13.8 Å². The molecule has 0 aliphatic carbocycles. The van der Waals surface area contributed by atoms with E-state index < -0.39 is 0 Å². The zero-order chi connectivity index (χ0) is 19.0. The van der Waals surface area contributed by atoms with Crippen LogP contribution in [0.3, 0.4) is 0 Å². The average molecular weight is 359 g/mol. The summed E-state index contributed by atoms with van der Waals surface area (Å²) in [4.78, 5) is 9.12. The molecule has 0 bridgehead atoms. The van der Waals surface area contributed by atoms with Gasteiger partial charge in [0.15, 0.2) is 0 Å². The standard InChI is InChI=1S/C22H21N3O2/c1-13-12-27-21-9-6-17(10-19(13)21)20-11-22(25-15(3)24-20)23-14(2)16-4-7-18(26)8-5-16/h4-12,14,26H,1-3H3,(H,23,24,25). The summed E-state index contributed by atoms with van der Waals surface area (Å²) in [7, 11) is 0. The van der Waals surface area contributed by atoms with Gasteiger partial charge in [-0.3, -0.25) is 0 Å². The summed E-state index contributed by atoms with van der Waals surface area (Å²) in [5, 5.41) is 14.0. The van der Waals surface area contributed by atoms with E-state index in [0.717, 1.165) is 39.2 Å². The normalized spacial score (nSPS) is 12.3. The van der Waals surface area contributed by atoms with Gasteiger partial charge in [-0.25, -0.2) is 9.97 Å². The fourth-order valence-electron chi connectivity index (χ4n) is 3.17. The van der Waals surface area contributed by atoms with Gasteiger partial charge >= 0.3 is 0 Å². The molecule has 4 rings (SSSR count). The lowest BCUT2D eigenvalue weighted by Crippen LogP contribution is -2.09. The number of aryl methyl sites for hydroxylation is 2. The van der Waals surface area contributed by atoms with Gasteiger partial charge in [0.1, 0.15) is 23.0 Å². The maximum atomic E-state index is 9.46. The quantitative estimate of drug-likeness (QED) is 0.511. The topological polar surface area (TPSA) is 71.2 Å². The van der Waals surface area contributed by atoms with E-state index in [0.29, 0.717) is 5.82 Å². The van der Waals surface area contributed by atoms with E-state index in [2.05, 4.69) is 28.3 Å². The van der Waals surface area contributed by atoms with Crippen molar-refractivity contribution in [1.82, 2.24) is 9.97 Å². The van der Waals surface area contributed by atoms with Gasteiger partial charge in [-0.15, -0.1) is 0 Å². The lowest BCUT2D eigenvalue weighted by atomic mass is 10.1. The molecule has 0 amide bonds. The number of nitrogens with one attached hydrogen (secondary N) is 1. The summed E-state index contributed by atoms with van der Waals surface area (Å²) in [6, 6.07) is 15.3. The Morgan fingerprint density at radius 2 is 1.78 bits per heavy atom. The molecule has 0 fully saturated rings. The summed E-state index contributed by atoms with van der Waals surface area (Å²) in [5.41, 5.74) is 4.95. The number of furan rings is 1. The molecule has 5 heteroatoms. The van der Waals surface area contributed by atoms with Crippen molar-refractivity contribution in [3.05, 3.63) is 71.7 Å². The highest BCUT2D eigenvalue weighted by Crippen LogP contribution is 2.28. The number of rotatable bonds is 4. The van der Waals surface area contributed by atoms with Crippen molar-refractivity contribution in [3.63, 3.8) is 0 Å². The van der Waals surface area contributed by atoms with E-state index in [1.165, 1.54) is 0 Å². The van der Waals surface area contributed by atoms with E-state index in [1.54, 1.807) is 18.4 Å². The van der Waals surface area contributed by atoms with Gasteiger partial charge in [0.2, 0.25) is 0 Å². The zero-order valence-electron chi connectivity index (χ0n) is 15.5. The van der Waals surface area contributed by atoms with Crippen LogP contribution in [0.25, 0.3) is 22.2 Å². The first-order valence-electron chi connectivity index (χ1n) is 8.89. The number of anilines is 1. The Morgan fingerprint density at radius 3 is 2.56 bits per heavy atom. The molecule has 5 nitrogen and oxygen atoms in total. The molecule has 2 N–H and O–H groups in total. The van der Waals surface area contributed by atoms with Crippen LogP contribution in [0.5, 0.6) is 5.75 Å². The van der Waals surface area contributed by atoms with Gasteiger partial charge in [0, 0.05) is 23.1 Å². The molecular formula is C22H21N3O2. The van der Waals surface area contributed by atoms with Crippen LogP contribution in [0.15, 0.2) is 59.2 Å². The molecule has 2 heterocycles. The number of hydrogen-bond acceptors (Lipinski definition) is 5. The molecule has 1 unspecified atom stereocenters. The fourth-order valence-corrected chi connectivity index (χ4v) is 3.17. The second-order valence-electron chi connectivity index (χ2n) is 6.77.